The van der Waals surface area contributed by atoms with E-state index in [1.54, 1.807) is 59.3 Å². The molecule has 0 aliphatic rings. The zero-order valence-electron chi connectivity index (χ0n) is 14.2. The average Bonchev–Trinajstić information content (AvgIpc) is 3.15. The van der Waals surface area contributed by atoms with Gasteiger partial charge in [-0.15, -0.1) is 0 Å². The number of para-hydroxylation sites is 1. The van der Waals surface area contributed by atoms with Gasteiger partial charge < -0.3 is 15.0 Å². The van der Waals surface area contributed by atoms with Gasteiger partial charge in [0, 0.05) is 23.3 Å². The minimum atomic E-state index is -1.03. The molecule has 0 atom stereocenters. The van der Waals surface area contributed by atoms with Crippen LogP contribution < -0.4 is 5.32 Å². The van der Waals surface area contributed by atoms with Crippen molar-refractivity contribution in [2.75, 3.05) is 5.32 Å². The van der Waals surface area contributed by atoms with Gasteiger partial charge in [0.1, 0.15) is 11.6 Å². The van der Waals surface area contributed by atoms with Crippen molar-refractivity contribution < 1.29 is 14.7 Å². The summed E-state index contributed by atoms with van der Waals surface area (Å²) in [5.74, 6) is -1.54. The Labute approximate surface area is 155 Å². The quantitative estimate of drug-likeness (QED) is 0.537. The number of nitrogens with zero attached hydrogens (tertiary/aromatic N) is 2. The zero-order valence-corrected chi connectivity index (χ0v) is 14.2. The molecule has 0 spiro atoms. The average molecular weight is 357 g/mol. The molecule has 1 aromatic heterocycles. The smallest absolute Gasteiger partial charge is 0.335 e. The van der Waals surface area contributed by atoms with Gasteiger partial charge in [0.25, 0.3) is 5.91 Å². The number of hydrogen-bond donors (Lipinski definition) is 2. The van der Waals surface area contributed by atoms with Gasteiger partial charge in [-0.05, 0) is 48.5 Å². The largest absolute Gasteiger partial charge is 0.478 e. The molecule has 1 amide bonds. The summed E-state index contributed by atoms with van der Waals surface area (Å²) in [5, 5.41) is 21.2. The molecule has 132 valence electrons. The second kappa shape index (κ2) is 7.85. The third kappa shape index (κ3) is 4.11. The normalized spacial score (nSPS) is 10.9. The monoisotopic (exact) mass is 357 g/mol. The van der Waals surface area contributed by atoms with E-state index in [-0.39, 0.29) is 11.1 Å². The molecule has 0 bridgehead atoms. The van der Waals surface area contributed by atoms with E-state index in [1.165, 1.54) is 18.2 Å². The van der Waals surface area contributed by atoms with Crippen LogP contribution in [0.15, 0.2) is 78.5 Å². The lowest BCUT2D eigenvalue weighted by Gasteiger charge is -2.08. The van der Waals surface area contributed by atoms with Crippen molar-refractivity contribution in [3.05, 3.63) is 89.8 Å². The minimum absolute atomic E-state index is 0.0619. The lowest BCUT2D eigenvalue weighted by molar-refractivity contribution is -0.112. The Morgan fingerprint density at radius 3 is 2.52 bits per heavy atom. The maximum absolute atomic E-state index is 12.4. The lowest BCUT2D eigenvalue weighted by Crippen LogP contribution is -2.13. The van der Waals surface area contributed by atoms with Gasteiger partial charge in [0.15, 0.2) is 0 Å². The molecule has 0 saturated carbocycles. The number of anilines is 1. The number of carbonyl (C=O) groups is 2. The zero-order chi connectivity index (χ0) is 19.2. The summed E-state index contributed by atoms with van der Waals surface area (Å²) in [6.07, 6.45) is 3.20. The van der Waals surface area contributed by atoms with Crippen molar-refractivity contribution in [3.63, 3.8) is 0 Å². The molecule has 0 aliphatic carbocycles. The molecule has 6 heteroatoms. The molecule has 6 nitrogen and oxygen atoms in total. The first-order valence-electron chi connectivity index (χ1n) is 8.08. The van der Waals surface area contributed by atoms with E-state index in [0.717, 1.165) is 0 Å². The fraction of sp³-hybridized carbons (Fsp3) is 0. The number of nitriles is 1. The van der Waals surface area contributed by atoms with E-state index in [2.05, 4.69) is 5.32 Å². The van der Waals surface area contributed by atoms with E-state index in [4.69, 9.17) is 5.11 Å². The van der Waals surface area contributed by atoms with Crippen LogP contribution in [0.25, 0.3) is 11.8 Å². The summed E-state index contributed by atoms with van der Waals surface area (Å²) < 4.78 is 1.71. The molecule has 2 N–H and O–H groups in total. The van der Waals surface area contributed by atoms with E-state index >= 15 is 0 Å². The first-order valence-corrected chi connectivity index (χ1v) is 8.08. The molecular weight excluding hydrogens is 342 g/mol. The molecular formula is C21H15N3O3. The third-order valence-electron chi connectivity index (χ3n) is 3.84. The summed E-state index contributed by atoms with van der Waals surface area (Å²) in [4.78, 5) is 23.5. The van der Waals surface area contributed by atoms with Crippen LogP contribution >= 0.6 is 0 Å². The predicted octanol–water partition coefficient (Wildman–Crippen LogP) is 3.72. The fourth-order valence-electron chi connectivity index (χ4n) is 2.55. The molecule has 0 saturated heterocycles. The Morgan fingerprint density at radius 1 is 1.04 bits per heavy atom. The second-order valence-electron chi connectivity index (χ2n) is 5.65. The van der Waals surface area contributed by atoms with Crippen molar-refractivity contribution in [3.8, 4) is 11.8 Å². The summed E-state index contributed by atoms with van der Waals surface area (Å²) in [7, 11) is 0. The summed E-state index contributed by atoms with van der Waals surface area (Å²) in [5.41, 5.74) is 1.88. The minimum Gasteiger partial charge on any atom is -0.478 e. The highest BCUT2D eigenvalue weighted by atomic mass is 16.4. The molecule has 0 fully saturated rings. The molecule has 27 heavy (non-hydrogen) atoms. The van der Waals surface area contributed by atoms with Crippen molar-refractivity contribution >= 4 is 23.6 Å². The van der Waals surface area contributed by atoms with E-state index < -0.39 is 11.9 Å². The number of aromatic carboxylic acids is 1. The van der Waals surface area contributed by atoms with Gasteiger partial charge in [-0.3, -0.25) is 4.79 Å². The van der Waals surface area contributed by atoms with Crippen molar-refractivity contribution in [2.45, 2.75) is 0 Å². The van der Waals surface area contributed by atoms with Gasteiger partial charge in [-0.25, -0.2) is 4.79 Å². The second-order valence-corrected chi connectivity index (χ2v) is 5.65. The number of benzene rings is 2. The first kappa shape index (κ1) is 17.7. The standard InChI is InChI=1S/C21H15N3O3/c22-14-16(20(25)23-17-7-2-1-3-8-17)13-19-10-5-11-24(19)18-9-4-6-15(12-18)21(26)27/h1-13H,(H,23,25)(H,26,27)/b16-13-. The highest BCUT2D eigenvalue weighted by molar-refractivity contribution is 6.09. The van der Waals surface area contributed by atoms with E-state index in [0.29, 0.717) is 17.1 Å². The van der Waals surface area contributed by atoms with Crippen molar-refractivity contribution in [1.29, 1.82) is 5.26 Å². The molecule has 3 rings (SSSR count). The van der Waals surface area contributed by atoms with Crippen LogP contribution in [0.2, 0.25) is 0 Å². The highest BCUT2D eigenvalue weighted by Crippen LogP contribution is 2.18. The molecule has 3 aromatic rings. The summed E-state index contributed by atoms with van der Waals surface area (Å²) in [6, 6.07) is 20.7. The van der Waals surface area contributed by atoms with Gasteiger partial charge in [-0.2, -0.15) is 5.26 Å². The van der Waals surface area contributed by atoms with Gasteiger partial charge in [0.05, 0.1) is 5.56 Å². The van der Waals surface area contributed by atoms with Crippen LogP contribution in [0.3, 0.4) is 0 Å². The summed E-state index contributed by atoms with van der Waals surface area (Å²) in [6.45, 7) is 0. The van der Waals surface area contributed by atoms with Gasteiger partial charge in [-0.1, -0.05) is 24.3 Å². The molecule has 0 radical (unpaired) electrons. The van der Waals surface area contributed by atoms with Crippen LogP contribution in [0.5, 0.6) is 0 Å². The fourth-order valence-corrected chi connectivity index (χ4v) is 2.55. The third-order valence-corrected chi connectivity index (χ3v) is 3.84. The number of aromatic nitrogens is 1. The van der Waals surface area contributed by atoms with Crippen LogP contribution in [0.4, 0.5) is 5.69 Å². The van der Waals surface area contributed by atoms with Gasteiger partial charge in [0.2, 0.25) is 0 Å². The van der Waals surface area contributed by atoms with Gasteiger partial charge >= 0.3 is 5.97 Å². The molecule has 0 unspecified atom stereocenters. The van der Waals surface area contributed by atoms with Crippen molar-refractivity contribution in [1.82, 2.24) is 4.57 Å². The van der Waals surface area contributed by atoms with E-state index in [1.807, 2.05) is 12.1 Å². The molecule has 0 aliphatic heterocycles. The van der Waals surface area contributed by atoms with Crippen LogP contribution in [-0.4, -0.2) is 21.6 Å². The maximum Gasteiger partial charge on any atom is 0.335 e. The number of carboxylic acid groups (broad SMARTS) is 1. The van der Waals surface area contributed by atoms with Crippen molar-refractivity contribution in [2.24, 2.45) is 0 Å². The number of carbonyl (C=O) groups excluding carboxylic acids is 1. The number of nitrogens with one attached hydrogen (secondary N) is 1. The Kier molecular flexibility index (Phi) is 5.15. The number of amides is 1. The Morgan fingerprint density at radius 2 is 1.81 bits per heavy atom. The number of rotatable bonds is 5. The maximum atomic E-state index is 12.4. The Hall–Kier alpha value is -4.11. The topological polar surface area (TPSA) is 95.1 Å². The number of carboxylic acids is 1. The van der Waals surface area contributed by atoms with Crippen LogP contribution in [0.1, 0.15) is 16.1 Å². The molecule has 2 aromatic carbocycles. The molecule has 1 heterocycles. The van der Waals surface area contributed by atoms with Crippen LogP contribution in [-0.2, 0) is 4.79 Å². The lowest BCUT2D eigenvalue weighted by atomic mass is 10.2. The number of hydrogen-bond acceptors (Lipinski definition) is 3. The SMILES string of the molecule is N#C/C(=C/c1cccn1-c1cccc(C(=O)O)c1)C(=O)Nc1ccccc1. The van der Waals surface area contributed by atoms with Crippen LogP contribution in [0, 0.1) is 11.3 Å². The van der Waals surface area contributed by atoms with E-state index in [9.17, 15) is 14.9 Å². The Balaban J connectivity index is 1.92. The highest BCUT2D eigenvalue weighted by Gasteiger charge is 2.12. The first-order chi connectivity index (χ1) is 13.1. The summed E-state index contributed by atoms with van der Waals surface area (Å²) >= 11 is 0. The Bertz CT molecular complexity index is 1060. The predicted molar refractivity (Wildman–Crippen MR) is 101 cm³/mol.